The third kappa shape index (κ3) is 4.79. The van der Waals surface area contributed by atoms with Crippen LogP contribution in [-0.2, 0) is 19.1 Å². The van der Waals surface area contributed by atoms with Crippen LogP contribution in [0.3, 0.4) is 0 Å². The van der Waals surface area contributed by atoms with Crippen molar-refractivity contribution in [3.63, 3.8) is 0 Å². The molecular weight excluding hydrogens is 370 g/mol. The van der Waals surface area contributed by atoms with Gasteiger partial charge in [0.1, 0.15) is 0 Å². The average molecular weight is 402 g/mol. The smallest absolute Gasteiger partial charge is 0.267 e. The summed E-state index contributed by atoms with van der Waals surface area (Å²) in [5, 5.41) is 7.39. The number of oxime groups is 1. The van der Waals surface area contributed by atoms with Crippen LogP contribution in [0.5, 0.6) is 0 Å². The molecule has 3 aliphatic heterocycles. The van der Waals surface area contributed by atoms with Crippen LogP contribution in [-0.4, -0.2) is 74.7 Å². The van der Waals surface area contributed by atoms with Gasteiger partial charge >= 0.3 is 0 Å². The molecule has 29 heavy (non-hydrogen) atoms. The number of nitrogens with zero attached hydrogens (tertiary/aromatic N) is 2. The number of rotatable bonds is 6. The topological polar surface area (TPSA) is 72.4 Å². The van der Waals surface area contributed by atoms with Gasteiger partial charge in [0.05, 0.1) is 18.9 Å². The molecule has 2 fully saturated rings. The second-order valence-corrected chi connectivity index (χ2v) is 8.59. The molecule has 3 heterocycles. The number of nitrogens with one attached hydrogen (secondary N) is 1. The van der Waals surface area contributed by atoms with Crippen LogP contribution in [0.4, 0.5) is 0 Å². The van der Waals surface area contributed by atoms with Gasteiger partial charge in [0, 0.05) is 51.2 Å². The van der Waals surface area contributed by atoms with E-state index in [-0.39, 0.29) is 11.3 Å². The van der Waals surface area contributed by atoms with Crippen molar-refractivity contribution in [2.24, 2.45) is 10.6 Å². The van der Waals surface area contributed by atoms with Gasteiger partial charge in [-0.3, -0.25) is 9.69 Å². The summed E-state index contributed by atoms with van der Waals surface area (Å²) in [5.74, 6) is -0.0972. The predicted octanol–water partition coefficient (Wildman–Crippen LogP) is 1.81. The summed E-state index contributed by atoms with van der Waals surface area (Å²) in [6.45, 7) is 8.37. The Bertz CT molecular complexity index is 727. The maximum Gasteiger partial charge on any atom is 0.267 e. The molecule has 0 radical (unpaired) electrons. The van der Waals surface area contributed by atoms with E-state index < -0.39 is 5.60 Å². The lowest BCUT2D eigenvalue weighted by molar-refractivity contribution is -0.142. The molecule has 4 rings (SSSR count). The Hall–Kier alpha value is -1.96. The van der Waals surface area contributed by atoms with Gasteiger partial charge in [0.25, 0.3) is 5.91 Å². The zero-order valence-electron chi connectivity index (χ0n) is 17.2. The Balaban J connectivity index is 1.36. The quantitative estimate of drug-likeness (QED) is 0.787. The SMILES string of the molecule is CC1(C(=O)NCC2(CN3CCOCC3)CCOCC2)CC(c2ccccc2)=NO1. The fourth-order valence-corrected chi connectivity index (χ4v) is 4.33. The molecule has 1 amide bonds. The van der Waals surface area contributed by atoms with Crippen molar-refractivity contribution in [1.82, 2.24) is 10.2 Å². The van der Waals surface area contributed by atoms with E-state index in [4.69, 9.17) is 14.3 Å². The summed E-state index contributed by atoms with van der Waals surface area (Å²) in [4.78, 5) is 21.1. The maximum absolute atomic E-state index is 13.0. The molecule has 7 heteroatoms. The van der Waals surface area contributed by atoms with Crippen molar-refractivity contribution in [3.05, 3.63) is 35.9 Å². The third-order valence-corrected chi connectivity index (χ3v) is 6.29. The van der Waals surface area contributed by atoms with Crippen LogP contribution in [0, 0.1) is 5.41 Å². The monoisotopic (exact) mass is 401 g/mol. The zero-order chi connectivity index (χ0) is 20.2. The number of carbonyl (C=O) groups is 1. The lowest BCUT2D eigenvalue weighted by Crippen LogP contribution is -2.53. The standard InChI is InChI=1S/C22H31N3O4/c1-21(15-19(24-29-21)18-5-3-2-4-6-18)20(26)23-16-22(7-11-27-12-8-22)17-25-9-13-28-14-10-25/h2-6H,7-17H2,1H3,(H,23,26). The Kier molecular flexibility index (Phi) is 6.18. The van der Waals surface area contributed by atoms with E-state index in [2.05, 4.69) is 15.4 Å². The van der Waals surface area contributed by atoms with Crippen molar-refractivity contribution < 1.29 is 19.1 Å². The number of morpholine rings is 1. The summed E-state index contributed by atoms with van der Waals surface area (Å²) < 4.78 is 11.1. The van der Waals surface area contributed by atoms with Crippen LogP contribution in [0.25, 0.3) is 0 Å². The lowest BCUT2D eigenvalue weighted by Gasteiger charge is -2.42. The highest BCUT2D eigenvalue weighted by molar-refractivity contribution is 6.05. The van der Waals surface area contributed by atoms with E-state index in [9.17, 15) is 4.79 Å². The highest BCUT2D eigenvalue weighted by Gasteiger charge is 2.44. The highest BCUT2D eigenvalue weighted by atomic mass is 16.7. The average Bonchev–Trinajstić information content (AvgIpc) is 3.18. The molecule has 7 nitrogen and oxygen atoms in total. The molecule has 1 atom stereocenters. The van der Waals surface area contributed by atoms with E-state index in [1.165, 1.54) is 0 Å². The van der Waals surface area contributed by atoms with E-state index in [1.54, 1.807) is 0 Å². The highest BCUT2D eigenvalue weighted by Crippen LogP contribution is 2.32. The predicted molar refractivity (Wildman–Crippen MR) is 110 cm³/mol. The van der Waals surface area contributed by atoms with Crippen molar-refractivity contribution in [2.45, 2.75) is 31.8 Å². The molecular formula is C22H31N3O4. The number of carbonyl (C=O) groups excluding carboxylic acids is 1. The van der Waals surface area contributed by atoms with Gasteiger partial charge < -0.3 is 19.6 Å². The zero-order valence-corrected chi connectivity index (χ0v) is 17.2. The fraction of sp³-hybridized carbons (Fsp3) is 0.636. The molecule has 0 aliphatic carbocycles. The second kappa shape index (κ2) is 8.81. The second-order valence-electron chi connectivity index (χ2n) is 8.59. The summed E-state index contributed by atoms with van der Waals surface area (Å²) in [6.07, 6.45) is 2.38. The Labute approximate surface area is 172 Å². The Morgan fingerprint density at radius 3 is 2.52 bits per heavy atom. The number of benzene rings is 1. The molecule has 1 N–H and O–H groups in total. The molecule has 3 aliphatic rings. The van der Waals surface area contributed by atoms with Gasteiger partial charge in [-0.25, -0.2) is 0 Å². The van der Waals surface area contributed by atoms with E-state index in [1.807, 2.05) is 37.3 Å². The first-order chi connectivity index (χ1) is 14.1. The van der Waals surface area contributed by atoms with Crippen LogP contribution < -0.4 is 5.32 Å². The van der Waals surface area contributed by atoms with Crippen LogP contribution in [0.1, 0.15) is 31.7 Å². The van der Waals surface area contributed by atoms with E-state index in [0.29, 0.717) is 13.0 Å². The summed E-state index contributed by atoms with van der Waals surface area (Å²) in [5.41, 5.74) is 0.884. The molecule has 2 saturated heterocycles. The minimum absolute atomic E-state index is 0.0311. The first-order valence-electron chi connectivity index (χ1n) is 10.6. The molecule has 1 unspecified atom stereocenters. The van der Waals surface area contributed by atoms with Crippen LogP contribution in [0.2, 0.25) is 0 Å². The number of hydrogen-bond donors (Lipinski definition) is 1. The Morgan fingerprint density at radius 1 is 1.10 bits per heavy atom. The number of hydrogen-bond acceptors (Lipinski definition) is 6. The first-order valence-corrected chi connectivity index (χ1v) is 10.6. The molecule has 0 saturated carbocycles. The van der Waals surface area contributed by atoms with Gasteiger partial charge in [0.15, 0.2) is 0 Å². The Morgan fingerprint density at radius 2 is 1.79 bits per heavy atom. The van der Waals surface area contributed by atoms with Gasteiger partial charge in [0.2, 0.25) is 5.60 Å². The van der Waals surface area contributed by atoms with Gasteiger partial charge in [-0.1, -0.05) is 35.5 Å². The number of amides is 1. The third-order valence-electron chi connectivity index (χ3n) is 6.29. The van der Waals surface area contributed by atoms with Crippen LogP contribution >= 0.6 is 0 Å². The van der Waals surface area contributed by atoms with Crippen molar-refractivity contribution in [3.8, 4) is 0 Å². The minimum Gasteiger partial charge on any atom is -0.381 e. The van der Waals surface area contributed by atoms with Crippen molar-refractivity contribution >= 4 is 11.6 Å². The summed E-state index contributed by atoms with van der Waals surface area (Å²) >= 11 is 0. The van der Waals surface area contributed by atoms with E-state index in [0.717, 1.165) is 70.2 Å². The molecule has 0 bridgehead atoms. The molecule has 1 aromatic rings. The summed E-state index contributed by atoms with van der Waals surface area (Å²) in [6, 6.07) is 9.88. The van der Waals surface area contributed by atoms with E-state index >= 15 is 0 Å². The molecule has 158 valence electrons. The molecule has 0 spiro atoms. The summed E-state index contributed by atoms with van der Waals surface area (Å²) in [7, 11) is 0. The van der Waals surface area contributed by atoms with Gasteiger partial charge in [-0.2, -0.15) is 0 Å². The first kappa shape index (κ1) is 20.3. The fourth-order valence-electron chi connectivity index (χ4n) is 4.33. The van der Waals surface area contributed by atoms with Crippen molar-refractivity contribution in [2.75, 3.05) is 52.6 Å². The minimum atomic E-state index is -0.962. The normalized spacial score (nSPS) is 27.1. The van der Waals surface area contributed by atoms with Gasteiger partial charge in [-0.15, -0.1) is 0 Å². The molecule has 0 aromatic heterocycles. The number of ether oxygens (including phenoxy) is 2. The lowest BCUT2D eigenvalue weighted by atomic mass is 9.79. The van der Waals surface area contributed by atoms with Crippen molar-refractivity contribution in [1.29, 1.82) is 0 Å². The molecule has 1 aromatic carbocycles. The maximum atomic E-state index is 13.0. The van der Waals surface area contributed by atoms with Crippen LogP contribution in [0.15, 0.2) is 35.5 Å². The largest absolute Gasteiger partial charge is 0.381 e. The van der Waals surface area contributed by atoms with Gasteiger partial charge in [-0.05, 0) is 25.3 Å².